The summed E-state index contributed by atoms with van der Waals surface area (Å²) in [5.74, 6) is -2.35. The summed E-state index contributed by atoms with van der Waals surface area (Å²) in [5, 5.41) is 0. The summed E-state index contributed by atoms with van der Waals surface area (Å²) in [4.78, 5) is 46.9. The van der Waals surface area contributed by atoms with Crippen molar-refractivity contribution in [2.24, 2.45) is 17.4 Å². The fourth-order valence-electron chi connectivity index (χ4n) is 2.05. The molecule has 0 aromatic rings. The lowest BCUT2D eigenvalue weighted by molar-refractivity contribution is -0.137. The van der Waals surface area contributed by atoms with Gasteiger partial charge in [-0.2, -0.15) is 0 Å². The summed E-state index contributed by atoms with van der Waals surface area (Å²) in [5.41, 5.74) is 10.3. The lowest BCUT2D eigenvalue weighted by atomic mass is 10.0. The molecule has 2 unspecified atom stereocenters. The normalized spacial score (nSPS) is 22.9. The van der Waals surface area contributed by atoms with Crippen LogP contribution in [0, 0.1) is 12.3 Å². The van der Waals surface area contributed by atoms with E-state index in [0.717, 1.165) is 4.90 Å². The van der Waals surface area contributed by atoms with Gasteiger partial charge in [0.1, 0.15) is 12.6 Å². The van der Waals surface area contributed by atoms with Gasteiger partial charge in [-0.1, -0.05) is 6.92 Å². The van der Waals surface area contributed by atoms with E-state index in [9.17, 15) is 19.2 Å². The molecule has 1 heterocycles. The number of likely N-dealkylation sites (N-methyl/N-ethyl adjacent to an activating group) is 1. The summed E-state index contributed by atoms with van der Waals surface area (Å²) >= 11 is 0. The van der Waals surface area contributed by atoms with Gasteiger partial charge in [0.25, 0.3) is 0 Å². The van der Waals surface area contributed by atoms with Gasteiger partial charge in [0.15, 0.2) is 11.9 Å². The maximum atomic E-state index is 12.0. The Labute approximate surface area is 122 Å². The van der Waals surface area contributed by atoms with Crippen LogP contribution in [0.1, 0.15) is 19.8 Å². The van der Waals surface area contributed by atoms with Crippen molar-refractivity contribution in [3.63, 3.8) is 0 Å². The Kier molecular flexibility index (Phi) is 5.83. The molecule has 1 aliphatic rings. The minimum atomic E-state index is -1.12. The van der Waals surface area contributed by atoms with Crippen LogP contribution in [0.4, 0.5) is 0 Å². The molecule has 3 amide bonds. The van der Waals surface area contributed by atoms with Gasteiger partial charge in [-0.15, -0.1) is 0 Å². The lowest BCUT2D eigenvalue weighted by Crippen LogP contribution is -2.50. The summed E-state index contributed by atoms with van der Waals surface area (Å²) < 4.78 is 4.99. The smallest absolute Gasteiger partial charge is 0.249 e. The second-order valence-electron chi connectivity index (χ2n) is 5.08. The van der Waals surface area contributed by atoms with E-state index in [1.807, 2.05) is 0 Å². The highest BCUT2D eigenvalue weighted by atomic mass is 16.5. The molecule has 0 aliphatic carbocycles. The van der Waals surface area contributed by atoms with E-state index in [4.69, 9.17) is 16.2 Å². The van der Waals surface area contributed by atoms with Gasteiger partial charge in [-0.25, -0.2) is 0 Å². The third kappa shape index (κ3) is 4.25. The van der Waals surface area contributed by atoms with Crippen LogP contribution >= 0.6 is 0 Å². The van der Waals surface area contributed by atoms with E-state index >= 15 is 0 Å². The second kappa shape index (κ2) is 7.16. The molecule has 21 heavy (non-hydrogen) atoms. The number of carbonyl (C=O) groups is 4. The first kappa shape index (κ1) is 17.1. The number of nitrogens with two attached hydrogens (primary N) is 2. The molecule has 8 heteroatoms. The van der Waals surface area contributed by atoms with Gasteiger partial charge in [-0.05, 0) is 12.8 Å². The van der Waals surface area contributed by atoms with E-state index in [1.165, 1.54) is 13.5 Å². The Hall–Kier alpha value is -1.96. The summed E-state index contributed by atoms with van der Waals surface area (Å²) in [6, 6.07) is -1.00. The van der Waals surface area contributed by atoms with Crippen molar-refractivity contribution in [2.45, 2.75) is 31.9 Å². The molecule has 1 radical (unpaired) electrons. The molecule has 1 saturated heterocycles. The van der Waals surface area contributed by atoms with Crippen LogP contribution in [0.3, 0.4) is 0 Å². The number of hydrogen-bond donors (Lipinski definition) is 2. The van der Waals surface area contributed by atoms with Crippen LogP contribution in [-0.2, 0) is 23.9 Å². The maximum absolute atomic E-state index is 12.0. The van der Waals surface area contributed by atoms with Gasteiger partial charge in [0, 0.05) is 19.4 Å². The zero-order valence-electron chi connectivity index (χ0n) is 12.1. The summed E-state index contributed by atoms with van der Waals surface area (Å²) in [6.45, 7) is 1.43. The first-order valence-corrected chi connectivity index (χ1v) is 6.58. The van der Waals surface area contributed by atoms with Gasteiger partial charge >= 0.3 is 0 Å². The van der Waals surface area contributed by atoms with Crippen LogP contribution in [0.25, 0.3) is 0 Å². The third-order valence-corrected chi connectivity index (χ3v) is 3.47. The number of amides is 3. The lowest BCUT2D eigenvalue weighted by Gasteiger charge is -2.25. The summed E-state index contributed by atoms with van der Waals surface area (Å²) in [7, 11) is 1.41. The fraction of sp³-hybridized carbons (Fsp3) is 0.615. The number of primary amides is 2. The SMILES string of the molecule is CC(CC[CH]C(=O)N(C)C1C(=O)CO[C@@H]1C(N)=O)C(N)=O. The van der Waals surface area contributed by atoms with Crippen LogP contribution in [0.5, 0.6) is 0 Å². The number of carbonyl (C=O) groups excluding carboxylic acids is 4. The molecule has 3 atom stereocenters. The van der Waals surface area contributed by atoms with Crippen molar-refractivity contribution >= 4 is 23.5 Å². The number of nitrogens with zero attached hydrogens (tertiary/aromatic N) is 1. The Morgan fingerprint density at radius 2 is 2.05 bits per heavy atom. The van der Waals surface area contributed by atoms with Crippen molar-refractivity contribution in [1.29, 1.82) is 0 Å². The molecule has 1 rings (SSSR count). The highest BCUT2D eigenvalue weighted by Crippen LogP contribution is 2.17. The second-order valence-corrected chi connectivity index (χ2v) is 5.08. The van der Waals surface area contributed by atoms with Crippen molar-refractivity contribution < 1.29 is 23.9 Å². The molecule has 1 aliphatic heterocycles. The molecule has 8 nitrogen and oxygen atoms in total. The van der Waals surface area contributed by atoms with Crippen molar-refractivity contribution in [1.82, 2.24) is 4.90 Å². The van der Waals surface area contributed by atoms with E-state index in [2.05, 4.69) is 0 Å². The molecule has 0 bridgehead atoms. The zero-order chi connectivity index (χ0) is 16.2. The number of ketones is 1. The van der Waals surface area contributed by atoms with E-state index in [0.29, 0.717) is 12.8 Å². The van der Waals surface area contributed by atoms with E-state index in [1.54, 1.807) is 6.92 Å². The van der Waals surface area contributed by atoms with Crippen LogP contribution in [0.15, 0.2) is 0 Å². The highest BCUT2D eigenvalue weighted by molar-refractivity contribution is 5.99. The topological polar surface area (TPSA) is 133 Å². The van der Waals surface area contributed by atoms with Crippen molar-refractivity contribution in [3.05, 3.63) is 6.42 Å². The van der Waals surface area contributed by atoms with Gasteiger partial charge in [0.2, 0.25) is 17.7 Å². The molecular formula is C13H20N3O5. The molecule has 4 N–H and O–H groups in total. The van der Waals surface area contributed by atoms with E-state index < -0.39 is 29.9 Å². The first-order chi connectivity index (χ1) is 9.75. The zero-order valence-corrected chi connectivity index (χ0v) is 12.1. The molecular weight excluding hydrogens is 278 g/mol. The predicted octanol–water partition coefficient (Wildman–Crippen LogP) is -1.63. The molecule has 0 aromatic heterocycles. The molecule has 1 fully saturated rings. The molecule has 0 aromatic carbocycles. The van der Waals surface area contributed by atoms with Gasteiger partial charge < -0.3 is 21.1 Å². The van der Waals surface area contributed by atoms with Crippen LogP contribution < -0.4 is 11.5 Å². The quantitative estimate of drug-likeness (QED) is 0.582. The maximum Gasteiger partial charge on any atom is 0.249 e. The van der Waals surface area contributed by atoms with Crippen LogP contribution in [0.2, 0.25) is 0 Å². The Morgan fingerprint density at radius 1 is 1.43 bits per heavy atom. The van der Waals surface area contributed by atoms with Gasteiger partial charge in [0.05, 0.1) is 0 Å². The monoisotopic (exact) mass is 298 g/mol. The highest BCUT2D eigenvalue weighted by Gasteiger charge is 2.43. The third-order valence-electron chi connectivity index (χ3n) is 3.47. The van der Waals surface area contributed by atoms with Crippen molar-refractivity contribution in [2.75, 3.05) is 13.7 Å². The molecule has 117 valence electrons. The summed E-state index contributed by atoms with van der Waals surface area (Å²) in [6.07, 6.45) is 1.01. The predicted molar refractivity (Wildman–Crippen MR) is 72.4 cm³/mol. The van der Waals surface area contributed by atoms with E-state index in [-0.39, 0.29) is 18.3 Å². The average Bonchev–Trinajstić information content (AvgIpc) is 2.79. The first-order valence-electron chi connectivity index (χ1n) is 6.58. The molecule has 0 spiro atoms. The fourth-order valence-corrected chi connectivity index (χ4v) is 2.05. The van der Waals surface area contributed by atoms with Crippen molar-refractivity contribution in [3.8, 4) is 0 Å². The van der Waals surface area contributed by atoms with Gasteiger partial charge in [-0.3, -0.25) is 19.2 Å². The Balaban J connectivity index is 2.55. The minimum absolute atomic E-state index is 0.241. The Morgan fingerprint density at radius 3 is 2.57 bits per heavy atom. The van der Waals surface area contributed by atoms with Crippen LogP contribution in [-0.4, -0.2) is 54.2 Å². The minimum Gasteiger partial charge on any atom is -0.369 e. The standard InChI is InChI=1S/C13H20N3O5/c1-7(12(14)19)4-3-5-9(18)16(2)10-8(17)6-21-11(10)13(15)20/h5,7,10-11H,3-4,6H2,1-2H3,(H2,14,19)(H2,15,20)/t7?,10?,11-/m0/s1. The largest absolute Gasteiger partial charge is 0.369 e. The Bertz CT molecular complexity index is 451. The number of rotatable bonds is 7. The number of ether oxygens (including phenoxy) is 1. The number of hydrogen-bond acceptors (Lipinski definition) is 5. The molecule has 0 saturated carbocycles. The average molecular weight is 298 g/mol. The number of Topliss-reactive ketones (excluding diaryl/α,β-unsaturated/α-hetero) is 1.